The van der Waals surface area contributed by atoms with Gasteiger partial charge < -0.3 is 15.4 Å². The van der Waals surface area contributed by atoms with Crippen LogP contribution < -0.4 is 15.4 Å². The van der Waals surface area contributed by atoms with E-state index in [0.29, 0.717) is 34.7 Å². The molecule has 1 fully saturated rings. The number of amides is 1. The lowest BCUT2D eigenvalue weighted by Gasteiger charge is -2.30. The predicted octanol–water partition coefficient (Wildman–Crippen LogP) is 6.34. The van der Waals surface area contributed by atoms with Gasteiger partial charge in [0.2, 0.25) is 16.0 Å². The number of hydrogen-bond acceptors (Lipinski definition) is 8. The van der Waals surface area contributed by atoms with Gasteiger partial charge in [-0.3, -0.25) is 4.72 Å². The lowest BCUT2D eigenvalue weighted by molar-refractivity contribution is -0.129. The van der Waals surface area contributed by atoms with Gasteiger partial charge in [0, 0.05) is 17.6 Å². The standard InChI is InChI=1S/C29H36F4N6O4S/c1-5-17-15-23(18-6-11-22(21(30)14-18)39-44(41,42)13-12-29(31,32)33)37-24-16-34-26(38-25(17)24)35-19-7-9-20(10-8-19)36-27(40)43-28(2,3)4/h6,11,14-16,19-20,39H,5,7-10,12-13H2,1-4H3,(H,36,40)(H,34,35,38)/t19-,20-. The Bertz CT molecular complexity index is 1600. The van der Waals surface area contributed by atoms with Crippen LogP contribution in [-0.2, 0) is 21.2 Å². The molecule has 0 saturated heterocycles. The second-order valence-electron chi connectivity index (χ2n) is 11.8. The fourth-order valence-corrected chi connectivity index (χ4v) is 5.94. The Hall–Kier alpha value is -3.75. The zero-order chi connectivity index (χ0) is 32.3. The van der Waals surface area contributed by atoms with E-state index in [4.69, 9.17) is 4.74 Å². The van der Waals surface area contributed by atoms with Gasteiger partial charge in [0.15, 0.2) is 0 Å². The van der Waals surface area contributed by atoms with E-state index in [-0.39, 0.29) is 12.1 Å². The van der Waals surface area contributed by atoms with Crippen molar-refractivity contribution in [1.29, 1.82) is 0 Å². The van der Waals surface area contributed by atoms with E-state index in [1.54, 1.807) is 12.3 Å². The molecule has 4 rings (SSSR count). The van der Waals surface area contributed by atoms with Crippen molar-refractivity contribution < 1.29 is 35.5 Å². The lowest BCUT2D eigenvalue weighted by Crippen LogP contribution is -2.42. The number of sulfonamides is 1. The number of carbonyl (C=O) groups excluding carboxylic acids is 1. The summed E-state index contributed by atoms with van der Waals surface area (Å²) >= 11 is 0. The molecule has 1 saturated carbocycles. The van der Waals surface area contributed by atoms with Crippen molar-refractivity contribution in [3.05, 3.63) is 41.8 Å². The number of fused-ring (bicyclic) bond motifs is 1. The van der Waals surface area contributed by atoms with Crippen LogP contribution in [0.25, 0.3) is 22.3 Å². The smallest absolute Gasteiger partial charge is 0.407 e. The SMILES string of the molecule is CCc1cc(-c2ccc(NS(=O)(=O)CCC(F)(F)F)c(F)c2)nc2cnc(N[C@H]3CC[C@H](NC(=O)OC(C)(C)C)CC3)nc12. The average molecular weight is 641 g/mol. The molecule has 0 unspecified atom stereocenters. The number of aromatic nitrogens is 3. The van der Waals surface area contributed by atoms with Crippen LogP contribution in [0.1, 0.15) is 65.4 Å². The van der Waals surface area contributed by atoms with Crippen molar-refractivity contribution in [2.75, 3.05) is 15.8 Å². The van der Waals surface area contributed by atoms with E-state index in [9.17, 15) is 30.8 Å². The summed E-state index contributed by atoms with van der Waals surface area (Å²) < 4.78 is 83.3. The highest BCUT2D eigenvalue weighted by atomic mass is 32.2. The van der Waals surface area contributed by atoms with E-state index in [1.807, 2.05) is 32.4 Å². The topological polar surface area (TPSA) is 135 Å². The summed E-state index contributed by atoms with van der Waals surface area (Å²) in [5.74, 6) is -1.73. The number of aryl methyl sites for hydroxylation is 1. The van der Waals surface area contributed by atoms with Gasteiger partial charge in [0.25, 0.3) is 0 Å². The molecule has 0 aliphatic heterocycles. The van der Waals surface area contributed by atoms with Crippen LogP contribution in [0, 0.1) is 5.82 Å². The van der Waals surface area contributed by atoms with Crippen LogP contribution in [0.5, 0.6) is 0 Å². The number of carbonyl (C=O) groups is 1. The van der Waals surface area contributed by atoms with Gasteiger partial charge in [0.05, 0.1) is 35.3 Å². The van der Waals surface area contributed by atoms with Crippen LogP contribution in [0.15, 0.2) is 30.5 Å². The quantitative estimate of drug-likeness (QED) is 0.231. The van der Waals surface area contributed by atoms with E-state index >= 15 is 0 Å². The predicted molar refractivity (Wildman–Crippen MR) is 159 cm³/mol. The number of halogens is 4. The molecule has 1 aromatic carbocycles. The van der Waals surface area contributed by atoms with Crippen LogP contribution in [-0.4, -0.2) is 59.1 Å². The number of benzene rings is 1. The maximum atomic E-state index is 14.8. The number of alkyl carbamates (subject to hydrolysis) is 1. The van der Waals surface area contributed by atoms with Gasteiger partial charge in [0.1, 0.15) is 16.9 Å². The Morgan fingerprint density at radius 1 is 1.05 bits per heavy atom. The van der Waals surface area contributed by atoms with Crippen molar-refractivity contribution in [3.63, 3.8) is 0 Å². The van der Waals surface area contributed by atoms with Gasteiger partial charge in [-0.1, -0.05) is 13.0 Å². The number of anilines is 2. The average Bonchev–Trinajstić information content (AvgIpc) is 2.92. The van der Waals surface area contributed by atoms with Crippen LogP contribution in [0.4, 0.5) is 34.0 Å². The third kappa shape index (κ3) is 9.37. The van der Waals surface area contributed by atoms with Gasteiger partial charge in [-0.05, 0) is 76.6 Å². The normalized spacial score (nSPS) is 17.7. The fourth-order valence-electron chi connectivity index (χ4n) is 4.84. The Kier molecular flexibility index (Phi) is 9.86. The highest BCUT2D eigenvalue weighted by molar-refractivity contribution is 7.92. The molecular formula is C29H36F4N6O4S. The second kappa shape index (κ2) is 13.1. The summed E-state index contributed by atoms with van der Waals surface area (Å²) in [6.07, 6.45) is -1.30. The first-order valence-electron chi connectivity index (χ1n) is 14.3. The number of nitrogens with one attached hydrogen (secondary N) is 3. The van der Waals surface area contributed by atoms with Gasteiger partial charge in [-0.25, -0.2) is 32.6 Å². The highest BCUT2D eigenvalue weighted by Gasteiger charge is 2.30. The van der Waals surface area contributed by atoms with E-state index in [2.05, 4.69) is 25.6 Å². The summed E-state index contributed by atoms with van der Waals surface area (Å²) in [7, 11) is -4.41. The van der Waals surface area contributed by atoms with Crippen molar-refractivity contribution >= 4 is 38.8 Å². The minimum Gasteiger partial charge on any atom is -0.444 e. The number of pyridine rings is 1. The zero-order valence-electron chi connectivity index (χ0n) is 24.9. The largest absolute Gasteiger partial charge is 0.444 e. The maximum absolute atomic E-state index is 14.8. The van der Waals surface area contributed by atoms with E-state index in [0.717, 1.165) is 43.4 Å². The molecule has 0 spiro atoms. The highest BCUT2D eigenvalue weighted by Crippen LogP contribution is 2.29. The molecule has 0 atom stereocenters. The zero-order valence-corrected chi connectivity index (χ0v) is 25.7. The van der Waals surface area contributed by atoms with Gasteiger partial charge >= 0.3 is 12.3 Å². The molecule has 0 bridgehead atoms. The monoisotopic (exact) mass is 640 g/mol. The molecule has 15 heteroatoms. The van der Waals surface area contributed by atoms with Crippen molar-refractivity contribution in [3.8, 4) is 11.3 Å². The number of ether oxygens (including phenoxy) is 1. The van der Waals surface area contributed by atoms with Crippen molar-refractivity contribution in [2.24, 2.45) is 0 Å². The minimum absolute atomic E-state index is 0.0307. The van der Waals surface area contributed by atoms with Crippen LogP contribution in [0.3, 0.4) is 0 Å². The molecule has 1 amide bonds. The first-order chi connectivity index (χ1) is 20.5. The van der Waals surface area contributed by atoms with E-state index < -0.39 is 51.6 Å². The minimum atomic E-state index is -4.65. The molecule has 1 aliphatic rings. The van der Waals surface area contributed by atoms with Crippen LogP contribution >= 0.6 is 0 Å². The third-order valence-electron chi connectivity index (χ3n) is 6.97. The Labute approximate surface area is 253 Å². The number of alkyl halides is 3. The Morgan fingerprint density at radius 3 is 2.34 bits per heavy atom. The summed E-state index contributed by atoms with van der Waals surface area (Å²) in [6, 6.07) is 5.56. The molecule has 1 aliphatic carbocycles. The molecule has 3 N–H and O–H groups in total. The summed E-state index contributed by atoms with van der Waals surface area (Å²) in [6.45, 7) is 7.39. The van der Waals surface area contributed by atoms with Crippen LogP contribution in [0.2, 0.25) is 0 Å². The molecule has 44 heavy (non-hydrogen) atoms. The maximum Gasteiger partial charge on any atom is 0.407 e. The molecule has 3 aromatic rings. The summed E-state index contributed by atoms with van der Waals surface area (Å²) in [5.41, 5.74) is 1.67. The molecule has 10 nitrogen and oxygen atoms in total. The van der Waals surface area contributed by atoms with Crippen molar-refractivity contribution in [1.82, 2.24) is 20.3 Å². The molecule has 2 aromatic heterocycles. The number of nitrogens with zero attached hydrogens (tertiary/aromatic N) is 3. The molecule has 2 heterocycles. The Balaban J connectivity index is 1.43. The van der Waals surface area contributed by atoms with Gasteiger partial charge in [-0.2, -0.15) is 13.2 Å². The Morgan fingerprint density at radius 2 is 1.73 bits per heavy atom. The third-order valence-corrected chi connectivity index (χ3v) is 8.24. The number of hydrogen-bond donors (Lipinski definition) is 3. The first kappa shape index (κ1) is 33.1. The lowest BCUT2D eigenvalue weighted by atomic mass is 9.91. The summed E-state index contributed by atoms with van der Waals surface area (Å²) in [5, 5.41) is 6.29. The molecule has 240 valence electrons. The second-order valence-corrected chi connectivity index (χ2v) is 13.6. The molecule has 0 radical (unpaired) electrons. The van der Waals surface area contributed by atoms with Crippen molar-refractivity contribution in [2.45, 2.75) is 90.1 Å². The van der Waals surface area contributed by atoms with E-state index in [1.165, 1.54) is 6.07 Å². The van der Waals surface area contributed by atoms with Gasteiger partial charge in [-0.15, -0.1) is 0 Å². The first-order valence-corrected chi connectivity index (χ1v) is 16.0. The fraction of sp³-hybridized carbons (Fsp3) is 0.517. The summed E-state index contributed by atoms with van der Waals surface area (Å²) in [4.78, 5) is 25.8. The molecular weight excluding hydrogens is 604 g/mol. The number of rotatable bonds is 9.